The summed E-state index contributed by atoms with van der Waals surface area (Å²) in [5, 5.41) is 24.5. The van der Waals surface area contributed by atoms with E-state index in [9.17, 15) is 9.59 Å². The summed E-state index contributed by atoms with van der Waals surface area (Å²) in [6.07, 6.45) is 4.48. The molecule has 4 aromatic rings. The maximum atomic E-state index is 13.1. The Bertz CT molecular complexity index is 1400. The van der Waals surface area contributed by atoms with Crippen molar-refractivity contribution in [2.45, 2.75) is 44.7 Å². The average molecular weight is 505 g/mol. The number of tetrazole rings is 1. The molecule has 0 saturated heterocycles. The second kappa shape index (κ2) is 9.90. The van der Waals surface area contributed by atoms with E-state index in [0.29, 0.717) is 34.8 Å². The zero-order valence-electron chi connectivity index (χ0n) is 19.8. The molecule has 0 radical (unpaired) electrons. The molecular formula is C25H25ClN8O2. The lowest BCUT2D eigenvalue weighted by Gasteiger charge is -2.32. The molecule has 2 aromatic heterocycles. The normalized spacial score (nSPS) is 17.0. The van der Waals surface area contributed by atoms with E-state index in [0.717, 1.165) is 16.7 Å². The Morgan fingerprint density at radius 1 is 1.06 bits per heavy atom. The highest BCUT2D eigenvalue weighted by atomic mass is 35.5. The van der Waals surface area contributed by atoms with Crippen molar-refractivity contribution in [2.75, 3.05) is 0 Å². The Balaban J connectivity index is 1.33. The third-order valence-electron chi connectivity index (χ3n) is 6.43. The van der Waals surface area contributed by atoms with Crippen molar-refractivity contribution in [3.63, 3.8) is 0 Å². The lowest BCUT2D eigenvalue weighted by atomic mass is 9.84. The van der Waals surface area contributed by atoms with E-state index in [4.69, 9.17) is 11.6 Å². The first kappa shape index (κ1) is 23.7. The van der Waals surface area contributed by atoms with Crippen LogP contribution in [0.1, 0.15) is 82.2 Å². The summed E-state index contributed by atoms with van der Waals surface area (Å²) >= 11 is 6.42. The van der Waals surface area contributed by atoms with Crippen LogP contribution in [0.5, 0.6) is 0 Å². The van der Waals surface area contributed by atoms with Crippen LogP contribution in [0.4, 0.5) is 0 Å². The highest BCUT2D eigenvalue weighted by molar-refractivity contribution is 6.34. The number of nitrogens with zero attached hydrogens (tertiary/aromatic N) is 5. The van der Waals surface area contributed by atoms with Crippen LogP contribution in [0.25, 0.3) is 5.69 Å². The van der Waals surface area contributed by atoms with Gasteiger partial charge in [0.15, 0.2) is 0 Å². The molecule has 0 spiro atoms. The van der Waals surface area contributed by atoms with Crippen LogP contribution in [-0.4, -0.2) is 42.2 Å². The van der Waals surface area contributed by atoms with E-state index in [-0.39, 0.29) is 29.8 Å². The molecule has 2 unspecified atom stereocenters. The Morgan fingerprint density at radius 3 is 2.36 bits per heavy atom. The lowest BCUT2D eigenvalue weighted by Crippen LogP contribution is -2.37. The van der Waals surface area contributed by atoms with Gasteiger partial charge >= 0.3 is 0 Å². The number of hydrogen-bond acceptors (Lipinski definition) is 6. The minimum atomic E-state index is -0.274. The molecule has 2 amide bonds. The molecule has 2 aromatic carbocycles. The zero-order chi connectivity index (χ0) is 25.2. The first-order valence-corrected chi connectivity index (χ1v) is 12.1. The number of rotatable bonds is 6. The minimum Gasteiger partial charge on any atom is -0.345 e. The molecular weight excluding hydrogens is 480 g/mol. The van der Waals surface area contributed by atoms with Gasteiger partial charge in [0.05, 0.1) is 34.6 Å². The number of aromatic nitrogens is 6. The predicted octanol–water partition coefficient (Wildman–Crippen LogP) is 3.90. The summed E-state index contributed by atoms with van der Waals surface area (Å²) < 4.78 is 1.47. The van der Waals surface area contributed by atoms with E-state index < -0.39 is 0 Å². The molecule has 2 heterocycles. The van der Waals surface area contributed by atoms with Crippen LogP contribution in [0.2, 0.25) is 5.02 Å². The number of nitrogens with one attached hydrogen (secondary N) is 3. The Kier molecular flexibility index (Phi) is 6.51. The summed E-state index contributed by atoms with van der Waals surface area (Å²) in [5.74, 6) is -0.283. The maximum Gasteiger partial charge on any atom is 0.270 e. The van der Waals surface area contributed by atoms with Crippen LogP contribution in [0.3, 0.4) is 0 Å². The van der Waals surface area contributed by atoms with Crippen molar-refractivity contribution in [3.8, 4) is 5.69 Å². The number of carbonyl (C=O) groups is 2. The van der Waals surface area contributed by atoms with Gasteiger partial charge < -0.3 is 10.6 Å². The van der Waals surface area contributed by atoms with Crippen molar-refractivity contribution in [2.24, 2.45) is 0 Å². The summed E-state index contributed by atoms with van der Waals surface area (Å²) in [7, 11) is 0. The molecule has 0 fully saturated rings. The van der Waals surface area contributed by atoms with E-state index in [1.807, 2.05) is 38.1 Å². The van der Waals surface area contributed by atoms with Crippen molar-refractivity contribution in [1.82, 2.24) is 41.0 Å². The fraction of sp³-hybridized carbons (Fsp3) is 0.280. The van der Waals surface area contributed by atoms with E-state index in [2.05, 4.69) is 36.4 Å². The van der Waals surface area contributed by atoms with Crippen LogP contribution < -0.4 is 10.6 Å². The molecule has 36 heavy (non-hydrogen) atoms. The standard InChI is InChI=1S/C25H25ClN8O2/c1-14(2)19-12-27-31-23(19)25(36)30-22-10-9-21(16-5-3-4-6-17(16)22)29-24(35)18-8-7-15(11-20(18)26)34-13-28-32-33-34/h3-8,11-14,21-22H,9-10H2,1-2H3,(H,27,31)(H,29,35)(H,30,36). The van der Waals surface area contributed by atoms with Gasteiger partial charge in [-0.3, -0.25) is 14.7 Å². The van der Waals surface area contributed by atoms with Gasteiger partial charge in [0.2, 0.25) is 0 Å². The van der Waals surface area contributed by atoms with Gasteiger partial charge in [-0.1, -0.05) is 49.7 Å². The zero-order valence-corrected chi connectivity index (χ0v) is 20.5. The third-order valence-corrected chi connectivity index (χ3v) is 6.74. The molecule has 11 heteroatoms. The quantitative estimate of drug-likeness (QED) is 0.365. The smallest absolute Gasteiger partial charge is 0.270 e. The van der Waals surface area contributed by atoms with E-state index >= 15 is 0 Å². The number of aromatic amines is 1. The fourth-order valence-corrected chi connectivity index (χ4v) is 4.84. The number of amides is 2. The van der Waals surface area contributed by atoms with E-state index in [1.54, 1.807) is 24.4 Å². The summed E-state index contributed by atoms with van der Waals surface area (Å²) in [5.41, 5.74) is 4.33. The number of fused-ring (bicyclic) bond motifs is 1. The van der Waals surface area contributed by atoms with Crippen molar-refractivity contribution < 1.29 is 9.59 Å². The molecule has 184 valence electrons. The van der Waals surface area contributed by atoms with Crippen molar-refractivity contribution in [1.29, 1.82) is 0 Å². The topological polar surface area (TPSA) is 130 Å². The van der Waals surface area contributed by atoms with Gasteiger partial charge in [-0.15, -0.1) is 5.10 Å². The first-order valence-electron chi connectivity index (χ1n) is 11.7. The maximum absolute atomic E-state index is 13.1. The molecule has 0 saturated carbocycles. The van der Waals surface area contributed by atoms with Crippen molar-refractivity contribution in [3.05, 3.63) is 88.0 Å². The monoisotopic (exact) mass is 504 g/mol. The minimum absolute atomic E-state index is 0.177. The predicted molar refractivity (Wildman–Crippen MR) is 133 cm³/mol. The Morgan fingerprint density at radius 2 is 1.75 bits per heavy atom. The number of halogens is 1. The number of H-pyrrole nitrogens is 1. The molecule has 1 aliphatic rings. The summed E-state index contributed by atoms with van der Waals surface area (Å²) in [6.45, 7) is 4.05. The lowest BCUT2D eigenvalue weighted by molar-refractivity contribution is 0.0903. The van der Waals surface area contributed by atoms with Crippen molar-refractivity contribution >= 4 is 23.4 Å². The summed E-state index contributed by atoms with van der Waals surface area (Å²) in [6, 6.07) is 12.5. The average Bonchev–Trinajstić information content (AvgIpc) is 3.58. The highest BCUT2D eigenvalue weighted by Crippen LogP contribution is 2.36. The SMILES string of the molecule is CC(C)c1cn[nH]c1C(=O)NC1CCC(NC(=O)c2ccc(-n3cnnn3)cc2Cl)c2ccccc21. The first-order chi connectivity index (χ1) is 17.4. The number of hydrogen-bond donors (Lipinski definition) is 3. The molecule has 3 N–H and O–H groups in total. The number of benzene rings is 2. The molecule has 2 atom stereocenters. The fourth-order valence-electron chi connectivity index (χ4n) is 4.58. The molecule has 0 aliphatic heterocycles. The summed E-state index contributed by atoms with van der Waals surface area (Å²) in [4.78, 5) is 26.2. The Hall–Kier alpha value is -4.05. The second-order valence-electron chi connectivity index (χ2n) is 9.03. The van der Waals surface area contributed by atoms with Gasteiger partial charge in [0.25, 0.3) is 11.8 Å². The van der Waals surface area contributed by atoms with Crippen LogP contribution in [0.15, 0.2) is 55.0 Å². The molecule has 5 rings (SSSR count). The molecule has 0 bridgehead atoms. The van der Waals surface area contributed by atoms with Crippen LogP contribution in [-0.2, 0) is 0 Å². The molecule has 1 aliphatic carbocycles. The molecule has 10 nitrogen and oxygen atoms in total. The van der Waals surface area contributed by atoms with Crippen LogP contribution in [0, 0.1) is 0 Å². The van der Waals surface area contributed by atoms with E-state index in [1.165, 1.54) is 11.0 Å². The van der Waals surface area contributed by atoms with Gasteiger partial charge in [-0.05, 0) is 58.5 Å². The third kappa shape index (κ3) is 4.59. The van der Waals surface area contributed by atoms with Gasteiger partial charge in [-0.2, -0.15) is 5.10 Å². The largest absolute Gasteiger partial charge is 0.345 e. The van der Waals surface area contributed by atoms with Gasteiger partial charge in [-0.25, -0.2) is 4.68 Å². The Labute approximate surface area is 212 Å². The van der Waals surface area contributed by atoms with Gasteiger partial charge in [0.1, 0.15) is 12.0 Å². The van der Waals surface area contributed by atoms with Crippen LogP contribution >= 0.6 is 11.6 Å². The van der Waals surface area contributed by atoms with Gasteiger partial charge in [0, 0.05) is 5.56 Å². The second-order valence-corrected chi connectivity index (χ2v) is 9.44. The number of carbonyl (C=O) groups excluding carboxylic acids is 2. The highest BCUT2D eigenvalue weighted by Gasteiger charge is 2.30.